The van der Waals surface area contributed by atoms with Crippen molar-refractivity contribution < 1.29 is 8.78 Å². The van der Waals surface area contributed by atoms with Crippen molar-refractivity contribution in [3.05, 3.63) is 53.6 Å². The van der Waals surface area contributed by atoms with E-state index in [2.05, 4.69) is 37.4 Å². The number of halogens is 2. The first kappa shape index (κ1) is 16.0. The van der Waals surface area contributed by atoms with Crippen LogP contribution in [0.25, 0.3) is 11.1 Å². The minimum atomic E-state index is -2.37. The van der Waals surface area contributed by atoms with E-state index in [0.29, 0.717) is 16.7 Å². The van der Waals surface area contributed by atoms with Crippen molar-refractivity contribution >= 4 is 11.8 Å². The van der Waals surface area contributed by atoms with Crippen LogP contribution in [0, 0.1) is 6.92 Å². The molecule has 0 saturated heterocycles. The molecule has 0 aliphatic heterocycles. The van der Waals surface area contributed by atoms with Crippen LogP contribution in [0.3, 0.4) is 0 Å². The highest BCUT2D eigenvalue weighted by Gasteiger charge is 2.07. The van der Waals surface area contributed by atoms with E-state index >= 15 is 0 Å². The van der Waals surface area contributed by atoms with Crippen molar-refractivity contribution in [1.29, 1.82) is 0 Å². The topological polar surface area (TPSA) is 12.0 Å². The molecule has 0 saturated carbocycles. The van der Waals surface area contributed by atoms with Crippen molar-refractivity contribution in [3.8, 4) is 11.1 Å². The van der Waals surface area contributed by atoms with Crippen LogP contribution in [0.4, 0.5) is 8.78 Å². The molecule has 0 unspecified atom stereocenters. The maximum absolute atomic E-state index is 12.3. The zero-order valence-electron chi connectivity index (χ0n) is 12.2. The molecule has 0 aliphatic carbocycles. The van der Waals surface area contributed by atoms with Crippen molar-refractivity contribution in [2.24, 2.45) is 0 Å². The summed E-state index contributed by atoms with van der Waals surface area (Å²) >= 11 is 0.577. The van der Waals surface area contributed by atoms with Gasteiger partial charge < -0.3 is 5.32 Å². The van der Waals surface area contributed by atoms with E-state index in [1.54, 1.807) is 12.1 Å². The number of hydrogen-bond donors (Lipinski definition) is 1. The molecular weight excluding hydrogens is 288 g/mol. The van der Waals surface area contributed by atoms with E-state index in [1.165, 1.54) is 11.1 Å². The van der Waals surface area contributed by atoms with Gasteiger partial charge in [0, 0.05) is 11.4 Å². The number of nitrogens with one attached hydrogen (secondary N) is 1. The summed E-state index contributed by atoms with van der Waals surface area (Å²) in [5.41, 5.74) is 4.62. The van der Waals surface area contributed by atoms with Gasteiger partial charge in [0.15, 0.2) is 0 Å². The molecule has 2 aromatic carbocycles. The Morgan fingerprint density at radius 2 is 1.81 bits per heavy atom. The molecule has 0 spiro atoms. The second-order valence-corrected chi connectivity index (χ2v) is 5.90. The highest BCUT2D eigenvalue weighted by Crippen LogP contribution is 2.29. The Balaban J connectivity index is 2.23. The van der Waals surface area contributed by atoms with Crippen molar-refractivity contribution in [3.63, 3.8) is 0 Å². The summed E-state index contributed by atoms with van der Waals surface area (Å²) in [6, 6.07) is 13.7. The molecule has 2 rings (SSSR count). The number of alkyl halides is 2. The Bertz CT molecular complexity index is 582. The van der Waals surface area contributed by atoms with E-state index in [0.717, 1.165) is 24.2 Å². The minimum Gasteiger partial charge on any atom is -0.313 e. The Morgan fingerprint density at radius 3 is 2.43 bits per heavy atom. The standard InChI is InChI=1S/C17H19F2NS/c1-3-20-11-13-5-4-12(2)16(10-13)14-6-8-15(9-7-14)21-17(18)19/h4-10,17,20H,3,11H2,1-2H3. The van der Waals surface area contributed by atoms with Crippen LogP contribution >= 0.6 is 11.8 Å². The van der Waals surface area contributed by atoms with Gasteiger partial charge in [-0.05, 0) is 53.9 Å². The van der Waals surface area contributed by atoms with Crippen LogP contribution in [0.2, 0.25) is 0 Å². The number of benzene rings is 2. The average molecular weight is 307 g/mol. The molecular formula is C17H19F2NS. The van der Waals surface area contributed by atoms with Gasteiger partial charge in [0.2, 0.25) is 0 Å². The zero-order valence-corrected chi connectivity index (χ0v) is 13.0. The molecule has 2 aromatic rings. The average Bonchev–Trinajstić information content (AvgIpc) is 2.47. The molecule has 0 amide bonds. The quantitative estimate of drug-likeness (QED) is 0.746. The maximum Gasteiger partial charge on any atom is 0.288 e. The Morgan fingerprint density at radius 1 is 1.10 bits per heavy atom. The molecule has 4 heteroatoms. The summed E-state index contributed by atoms with van der Waals surface area (Å²) in [4.78, 5) is 0.593. The first-order valence-corrected chi connectivity index (χ1v) is 7.83. The van der Waals surface area contributed by atoms with Gasteiger partial charge in [0.25, 0.3) is 5.76 Å². The van der Waals surface area contributed by atoms with Gasteiger partial charge in [0.1, 0.15) is 0 Å². The molecule has 21 heavy (non-hydrogen) atoms. The molecule has 0 bridgehead atoms. The van der Waals surface area contributed by atoms with Gasteiger partial charge in [-0.1, -0.05) is 43.0 Å². The van der Waals surface area contributed by atoms with Crippen LogP contribution in [-0.2, 0) is 6.54 Å². The minimum absolute atomic E-state index is 0.577. The predicted molar refractivity (Wildman–Crippen MR) is 85.9 cm³/mol. The molecule has 0 aliphatic rings. The lowest BCUT2D eigenvalue weighted by atomic mass is 9.98. The van der Waals surface area contributed by atoms with Crippen LogP contribution < -0.4 is 5.32 Å². The summed E-state index contributed by atoms with van der Waals surface area (Å²) in [6.45, 7) is 5.91. The van der Waals surface area contributed by atoms with E-state index in [9.17, 15) is 8.78 Å². The Hall–Kier alpha value is -1.39. The maximum atomic E-state index is 12.3. The van der Waals surface area contributed by atoms with Gasteiger partial charge in [-0.25, -0.2) is 0 Å². The smallest absolute Gasteiger partial charge is 0.288 e. The fraction of sp³-hybridized carbons (Fsp3) is 0.294. The third-order valence-corrected chi connectivity index (χ3v) is 3.99. The van der Waals surface area contributed by atoms with Gasteiger partial charge in [-0.15, -0.1) is 0 Å². The third kappa shape index (κ3) is 4.55. The van der Waals surface area contributed by atoms with E-state index in [1.807, 2.05) is 12.1 Å². The van der Waals surface area contributed by atoms with Crippen molar-refractivity contribution in [2.45, 2.75) is 31.0 Å². The fourth-order valence-corrected chi connectivity index (χ4v) is 2.67. The lowest BCUT2D eigenvalue weighted by Crippen LogP contribution is -2.11. The van der Waals surface area contributed by atoms with Crippen LogP contribution in [0.1, 0.15) is 18.1 Å². The summed E-state index contributed by atoms with van der Waals surface area (Å²) in [7, 11) is 0. The summed E-state index contributed by atoms with van der Waals surface area (Å²) in [6.07, 6.45) is 0. The number of aryl methyl sites for hydroxylation is 1. The molecule has 1 N–H and O–H groups in total. The van der Waals surface area contributed by atoms with Crippen molar-refractivity contribution in [1.82, 2.24) is 5.32 Å². The monoisotopic (exact) mass is 307 g/mol. The summed E-state index contributed by atoms with van der Waals surface area (Å²) in [5, 5.41) is 3.31. The SMILES string of the molecule is CCNCc1ccc(C)c(-c2ccc(SC(F)F)cc2)c1. The van der Waals surface area contributed by atoms with Gasteiger partial charge >= 0.3 is 0 Å². The van der Waals surface area contributed by atoms with E-state index in [4.69, 9.17) is 0 Å². The fourth-order valence-electron chi connectivity index (χ4n) is 2.18. The largest absolute Gasteiger partial charge is 0.313 e. The summed E-state index contributed by atoms with van der Waals surface area (Å²) < 4.78 is 24.7. The second kappa shape index (κ2) is 7.57. The lowest BCUT2D eigenvalue weighted by Gasteiger charge is -2.10. The molecule has 0 heterocycles. The predicted octanol–water partition coefficient (Wildman–Crippen LogP) is 5.09. The number of hydrogen-bond acceptors (Lipinski definition) is 2. The zero-order chi connectivity index (χ0) is 15.2. The highest BCUT2D eigenvalue weighted by molar-refractivity contribution is 7.99. The van der Waals surface area contributed by atoms with Crippen LogP contribution in [0.5, 0.6) is 0 Å². The Kier molecular flexibility index (Phi) is 5.76. The molecule has 0 radical (unpaired) electrons. The number of thioether (sulfide) groups is 1. The molecule has 1 nitrogen and oxygen atoms in total. The first-order chi connectivity index (χ1) is 10.1. The summed E-state index contributed by atoms with van der Waals surface area (Å²) in [5.74, 6) is -2.37. The lowest BCUT2D eigenvalue weighted by molar-refractivity contribution is 0.252. The third-order valence-electron chi connectivity index (χ3n) is 3.27. The number of rotatable bonds is 6. The van der Waals surface area contributed by atoms with Crippen LogP contribution in [-0.4, -0.2) is 12.3 Å². The van der Waals surface area contributed by atoms with Crippen molar-refractivity contribution in [2.75, 3.05) is 6.54 Å². The van der Waals surface area contributed by atoms with Gasteiger partial charge in [0.05, 0.1) is 0 Å². The Labute approximate surface area is 128 Å². The van der Waals surface area contributed by atoms with Gasteiger partial charge in [-0.3, -0.25) is 0 Å². The van der Waals surface area contributed by atoms with E-state index < -0.39 is 5.76 Å². The molecule has 0 fully saturated rings. The van der Waals surface area contributed by atoms with E-state index in [-0.39, 0.29) is 0 Å². The molecule has 0 atom stereocenters. The second-order valence-electron chi connectivity index (χ2n) is 4.83. The highest BCUT2D eigenvalue weighted by atomic mass is 32.2. The first-order valence-electron chi connectivity index (χ1n) is 6.95. The van der Waals surface area contributed by atoms with Crippen LogP contribution in [0.15, 0.2) is 47.4 Å². The molecule has 112 valence electrons. The van der Waals surface area contributed by atoms with Gasteiger partial charge in [-0.2, -0.15) is 8.78 Å². The molecule has 0 aromatic heterocycles. The normalized spacial score (nSPS) is 11.1.